The number of carbonyl (C=O) groups is 1. The van der Waals surface area contributed by atoms with Gasteiger partial charge in [0.25, 0.3) is 0 Å². The zero-order chi connectivity index (χ0) is 10.8. The zero-order valence-corrected chi connectivity index (χ0v) is 10.2. The lowest BCUT2D eigenvalue weighted by Crippen LogP contribution is -2.15. The summed E-state index contributed by atoms with van der Waals surface area (Å²) in [4.78, 5) is 11.6. The van der Waals surface area contributed by atoms with Gasteiger partial charge < -0.3 is 4.74 Å². The van der Waals surface area contributed by atoms with Crippen LogP contribution in [0.5, 0.6) is 0 Å². The summed E-state index contributed by atoms with van der Waals surface area (Å²) in [6.45, 7) is 0. The zero-order valence-electron chi connectivity index (χ0n) is 8.57. The molecule has 4 nitrogen and oxygen atoms in total. The molecule has 0 amide bonds. The molecule has 0 N–H and O–H groups in total. The van der Waals surface area contributed by atoms with Crippen molar-refractivity contribution < 1.29 is 9.53 Å². The van der Waals surface area contributed by atoms with Crippen LogP contribution in [0.4, 0.5) is 0 Å². The van der Waals surface area contributed by atoms with Crippen molar-refractivity contribution in [3.8, 4) is 0 Å². The lowest BCUT2D eigenvalue weighted by atomic mass is 10.2. The van der Waals surface area contributed by atoms with Crippen LogP contribution in [0.1, 0.15) is 42.2 Å². The van der Waals surface area contributed by atoms with Crippen LogP contribution in [0.3, 0.4) is 0 Å². The largest absolute Gasteiger partial charge is 0.464 e. The molecule has 82 valence electrons. The fourth-order valence-electron chi connectivity index (χ4n) is 2.05. The van der Waals surface area contributed by atoms with Crippen molar-refractivity contribution in [1.29, 1.82) is 0 Å². The van der Waals surface area contributed by atoms with Gasteiger partial charge in [-0.05, 0) is 28.8 Å². The minimum atomic E-state index is -0.328. The van der Waals surface area contributed by atoms with Gasteiger partial charge in [0.2, 0.25) is 0 Å². The van der Waals surface area contributed by atoms with Crippen molar-refractivity contribution in [1.82, 2.24) is 9.78 Å². The van der Waals surface area contributed by atoms with E-state index in [0.717, 1.165) is 12.8 Å². The van der Waals surface area contributed by atoms with Gasteiger partial charge in [0, 0.05) is 0 Å². The summed E-state index contributed by atoms with van der Waals surface area (Å²) in [5, 5.41) is 4.24. The molecular weight excluding hydrogens is 260 g/mol. The molecular formula is C10H13BrN2O2. The van der Waals surface area contributed by atoms with Crippen molar-refractivity contribution in [3.05, 3.63) is 16.4 Å². The first kappa shape index (κ1) is 10.7. The van der Waals surface area contributed by atoms with Gasteiger partial charge >= 0.3 is 5.97 Å². The van der Waals surface area contributed by atoms with Crippen molar-refractivity contribution in [2.45, 2.75) is 31.7 Å². The number of halogens is 1. The smallest absolute Gasteiger partial charge is 0.357 e. The topological polar surface area (TPSA) is 44.1 Å². The molecule has 0 unspecified atom stereocenters. The molecule has 1 aromatic rings. The Morgan fingerprint density at radius 2 is 2.27 bits per heavy atom. The van der Waals surface area contributed by atoms with E-state index in [9.17, 15) is 4.79 Å². The molecule has 1 fully saturated rings. The van der Waals surface area contributed by atoms with E-state index in [1.807, 2.05) is 0 Å². The first-order chi connectivity index (χ1) is 7.24. The molecule has 15 heavy (non-hydrogen) atoms. The van der Waals surface area contributed by atoms with E-state index in [-0.39, 0.29) is 5.97 Å². The Balaban J connectivity index is 2.34. The molecule has 1 aliphatic carbocycles. The number of carbonyl (C=O) groups excluding carboxylic acids is 1. The Morgan fingerprint density at radius 3 is 2.87 bits per heavy atom. The molecule has 1 heterocycles. The van der Waals surface area contributed by atoms with Crippen LogP contribution < -0.4 is 0 Å². The Hall–Kier alpha value is -0.840. The monoisotopic (exact) mass is 272 g/mol. The normalized spacial score (nSPS) is 16.9. The van der Waals surface area contributed by atoms with Crippen molar-refractivity contribution in [2.24, 2.45) is 0 Å². The van der Waals surface area contributed by atoms with Crippen LogP contribution in [0, 0.1) is 0 Å². The van der Waals surface area contributed by atoms with Crippen LogP contribution >= 0.6 is 15.9 Å². The van der Waals surface area contributed by atoms with Crippen LogP contribution in [-0.4, -0.2) is 22.9 Å². The summed E-state index contributed by atoms with van der Waals surface area (Å²) in [6.07, 6.45) is 6.27. The van der Waals surface area contributed by atoms with E-state index in [0.29, 0.717) is 16.2 Å². The molecule has 0 bridgehead atoms. The number of aromatic nitrogens is 2. The number of methoxy groups -OCH3 is 1. The third-order valence-corrected chi connectivity index (χ3v) is 3.38. The molecule has 1 saturated carbocycles. The number of hydrogen-bond donors (Lipinski definition) is 0. The van der Waals surface area contributed by atoms with Gasteiger partial charge in [-0.3, -0.25) is 4.68 Å². The summed E-state index contributed by atoms with van der Waals surface area (Å²) in [5.74, 6) is -0.328. The van der Waals surface area contributed by atoms with Crippen LogP contribution in [0.2, 0.25) is 0 Å². The van der Waals surface area contributed by atoms with Crippen LogP contribution in [-0.2, 0) is 4.74 Å². The van der Waals surface area contributed by atoms with Gasteiger partial charge in [-0.15, -0.1) is 0 Å². The van der Waals surface area contributed by atoms with Crippen molar-refractivity contribution in [2.75, 3.05) is 7.11 Å². The predicted molar refractivity (Wildman–Crippen MR) is 58.8 cm³/mol. The number of esters is 1. The highest BCUT2D eigenvalue weighted by molar-refractivity contribution is 9.10. The Bertz CT molecular complexity index is 369. The van der Waals surface area contributed by atoms with E-state index in [2.05, 4.69) is 21.0 Å². The van der Waals surface area contributed by atoms with E-state index in [1.54, 1.807) is 10.9 Å². The first-order valence-electron chi connectivity index (χ1n) is 5.05. The Labute approximate surface area is 96.7 Å². The summed E-state index contributed by atoms with van der Waals surface area (Å²) in [5.41, 5.74) is 0.532. The molecule has 0 saturated heterocycles. The number of nitrogens with zero attached hydrogens (tertiary/aromatic N) is 2. The fourth-order valence-corrected chi connectivity index (χ4v) is 2.49. The number of ether oxygens (including phenoxy) is 1. The minimum absolute atomic E-state index is 0.328. The van der Waals surface area contributed by atoms with Gasteiger partial charge in [-0.2, -0.15) is 5.10 Å². The molecule has 0 radical (unpaired) electrons. The second kappa shape index (κ2) is 4.35. The molecule has 0 spiro atoms. The summed E-state index contributed by atoms with van der Waals surface area (Å²) < 4.78 is 7.25. The maximum atomic E-state index is 11.6. The minimum Gasteiger partial charge on any atom is -0.464 e. The second-order valence-corrected chi connectivity index (χ2v) is 4.57. The quantitative estimate of drug-likeness (QED) is 0.778. The summed E-state index contributed by atoms with van der Waals surface area (Å²) in [6, 6.07) is 0.352. The van der Waals surface area contributed by atoms with Crippen LogP contribution in [0.25, 0.3) is 0 Å². The van der Waals surface area contributed by atoms with Crippen molar-refractivity contribution in [3.63, 3.8) is 0 Å². The third-order valence-electron chi connectivity index (χ3n) is 2.80. The summed E-state index contributed by atoms with van der Waals surface area (Å²) in [7, 11) is 1.39. The average Bonchev–Trinajstić information content (AvgIpc) is 2.85. The van der Waals surface area contributed by atoms with Gasteiger partial charge in [0.1, 0.15) is 0 Å². The van der Waals surface area contributed by atoms with Gasteiger partial charge in [0.15, 0.2) is 5.69 Å². The highest BCUT2D eigenvalue weighted by Crippen LogP contribution is 2.32. The SMILES string of the molecule is COC(=O)c1c(Br)cnn1C1CCCC1. The Morgan fingerprint density at radius 1 is 1.60 bits per heavy atom. The third kappa shape index (κ3) is 1.93. The molecule has 1 aliphatic rings. The number of rotatable bonds is 2. The molecule has 1 aromatic heterocycles. The highest BCUT2D eigenvalue weighted by atomic mass is 79.9. The molecule has 0 atom stereocenters. The lowest BCUT2D eigenvalue weighted by molar-refractivity contribution is 0.0582. The fraction of sp³-hybridized carbons (Fsp3) is 0.600. The molecule has 2 rings (SSSR count). The van der Waals surface area contributed by atoms with Gasteiger partial charge in [0.05, 0.1) is 23.8 Å². The van der Waals surface area contributed by atoms with E-state index < -0.39 is 0 Å². The maximum absolute atomic E-state index is 11.6. The molecule has 0 aromatic carbocycles. The molecule has 5 heteroatoms. The van der Waals surface area contributed by atoms with Gasteiger partial charge in [-0.25, -0.2) is 4.79 Å². The lowest BCUT2D eigenvalue weighted by Gasteiger charge is -2.12. The molecule has 0 aliphatic heterocycles. The van der Waals surface area contributed by atoms with E-state index in [4.69, 9.17) is 4.74 Å². The second-order valence-electron chi connectivity index (χ2n) is 3.72. The Kier molecular flexibility index (Phi) is 3.09. The van der Waals surface area contributed by atoms with Crippen molar-refractivity contribution >= 4 is 21.9 Å². The van der Waals surface area contributed by atoms with Crippen LogP contribution in [0.15, 0.2) is 10.7 Å². The summed E-state index contributed by atoms with van der Waals surface area (Å²) >= 11 is 3.32. The van der Waals surface area contributed by atoms with E-state index >= 15 is 0 Å². The standard InChI is InChI=1S/C10H13BrN2O2/c1-15-10(14)9-8(11)6-12-13(9)7-4-2-3-5-7/h6-7H,2-5H2,1H3. The highest BCUT2D eigenvalue weighted by Gasteiger charge is 2.25. The predicted octanol–water partition coefficient (Wildman–Crippen LogP) is 2.55. The first-order valence-corrected chi connectivity index (χ1v) is 5.84. The average molecular weight is 273 g/mol. The maximum Gasteiger partial charge on any atom is 0.357 e. The number of hydrogen-bond acceptors (Lipinski definition) is 3. The van der Waals surface area contributed by atoms with Gasteiger partial charge in [-0.1, -0.05) is 12.8 Å². The van der Waals surface area contributed by atoms with E-state index in [1.165, 1.54) is 20.0 Å².